The molecular formula is C20H20N4O4. The maximum absolute atomic E-state index is 11.1. The Morgan fingerprint density at radius 1 is 1.04 bits per heavy atom. The minimum atomic E-state index is -0.981. The second-order valence-electron chi connectivity index (χ2n) is 5.75. The van der Waals surface area contributed by atoms with Crippen LogP contribution >= 0.6 is 0 Å². The molecule has 2 aromatic carbocycles. The highest BCUT2D eigenvalue weighted by atomic mass is 16.5. The molecule has 0 aliphatic rings. The molecule has 0 unspecified atom stereocenters. The highest BCUT2D eigenvalue weighted by Crippen LogP contribution is 2.18. The van der Waals surface area contributed by atoms with E-state index in [0.29, 0.717) is 30.5 Å². The number of aromatic carboxylic acids is 1. The molecule has 0 aliphatic carbocycles. The fraction of sp³-hybridized carbons (Fsp3) is 0.150. The highest BCUT2D eigenvalue weighted by molar-refractivity contribution is 5.89. The summed E-state index contributed by atoms with van der Waals surface area (Å²) in [5.41, 5.74) is 0.834. The number of carboxylic acids is 1. The number of nitrogens with one attached hydrogen (secondary N) is 2. The second-order valence-corrected chi connectivity index (χ2v) is 5.75. The van der Waals surface area contributed by atoms with E-state index in [2.05, 4.69) is 20.6 Å². The average molecular weight is 380 g/mol. The number of hydrogen-bond donors (Lipinski definition) is 3. The first-order chi connectivity index (χ1) is 13.6. The van der Waals surface area contributed by atoms with Gasteiger partial charge in [0.2, 0.25) is 0 Å². The number of carboxylic acid groups (broad SMARTS) is 1. The van der Waals surface area contributed by atoms with Gasteiger partial charge < -0.3 is 25.2 Å². The van der Waals surface area contributed by atoms with E-state index in [-0.39, 0.29) is 5.56 Å². The van der Waals surface area contributed by atoms with Crippen molar-refractivity contribution in [3.8, 4) is 11.5 Å². The van der Waals surface area contributed by atoms with E-state index in [4.69, 9.17) is 14.6 Å². The lowest BCUT2D eigenvalue weighted by atomic mass is 10.2. The number of aromatic nitrogens is 2. The van der Waals surface area contributed by atoms with Gasteiger partial charge in [0.1, 0.15) is 36.1 Å². The van der Waals surface area contributed by atoms with Crippen molar-refractivity contribution >= 4 is 23.3 Å². The molecule has 3 aromatic rings. The Kier molecular flexibility index (Phi) is 6.25. The molecule has 0 aliphatic heterocycles. The van der Waals surface area contributed by atoms with E-state index in [9.17, 15) is 4.79 Å². The average Bonchev–Trinajstić information content (AvgIpc) is 2.72. The summed E-state index contributed by atoms with van der Waals surface area (Å²) in [6.45, 7) is 1.01. The molecule has 0 bridgehead atoms. The van der Waals surface area contributed by atoms with Crippen LogP contribution in [0.15, 0.2) is 60.9 Å². The van der Waals surface area contributed by atoms with Gasteiger partial charge in [-0.05, 0) is 42.5 Å². The molecule has 0 atom stereocenters. The summed E-state index contributed by atoms with van der Waals surface area (Å²) in [6, 6.07) is 15.6. The fourth-order valence-electron chi connectivity index (χ4n) is 2.42. The summed E-state index contributed by atoms with van der Waals surface area (Å²) >= 11 is 0. The molecule has 0 radical (unpaired) electrons. The Bertz CT molecular complexity index is 931. The Hall–Kier alpha value is -3.81. The molecule has 0 amide bonds. The van der Waals surface area contributed by atoms with Crippen molar-refractivity contribution in [1.29, 1.82) is 0 Å². The van der Waals surface area contributed by atoms with Crippen LogP contribution in [-0.4, -0.2) is 41.3 Å². The van der Waals surface area contributed by atoms with E-state index in [0.717, 1.165) is 11.5 Å². The van der Waals surface area contributed by atoms with Gasteiger partial charge in [-0.2, -0.15) is 0 Å². The van der Waals surface area contributed by atoms with Crippen molar-refractivity contribution in [1.82, 2.24) is 9.97 Å². The van der Waals surface area contributed by atoms with E-state index < -0.39 is 5.97 Å². The SMILES string of the molecule is COc1ccc(OCCNc2cc(Nc3cccc(C(=O)O)c3)ncn2)cc1. The number of rotatable bonds is 9. The van der Waals surface area contributed by atoms with Crippen LogP contribution < -0.4 is 20.1 Å². The van der Waals surface area contributed by atoms with E-state index in [1.165, 1.54) is 12.4 Å². The van der Waals surface area contributed by atoms with Crippen LogP contribution in [0.5, 0.6) is 11.5 Å². The predicted octanol–water partition coefficient (Wildman–Crippen LogP) is 3.42. The third kappa shape index (κ3) is 5.34. The lowest BCUT2D eigenvalue weighted by Gasteiger charge is -2.10. The lowest BCUT2D eigenvalue weighted by Crippen LogP contribution is -2.12. The summed E-state index contributed by atoms with van der Waals surface area (Å²) in [4.78, 5) is 19.4. The largest absolute Gasteiger partial charge is 0.497 e. The minimum Gasteiger partial charge on any atom is -0.497 e. The third-order valence-corrected chi connectivity index (χ3v) is 3.79. The van der Waals surface area contributed by atoms with Crippen LogP contribution in [0.1, 0.15) is 10.4 Å². The van der Waals surface area contributed by atoms with Crippen molar-refractivity contribution in [2.24, 2.45) is 0 Å². The van der Waals surface area contributed by atoms with Gasteiger partial charge in [-0.25, -0.2) is 14.8 Å². The third-order valence-electron chi connectivity index (χ3n) is 3.79. The molecule has 3 N–H and O–H groups in total. The van der Waals surface area contributed by atoms with Crippen LogP contribution in [0.4, 0.5) is 17.3 Å². The minimum absolute atomic E-state index is 0.202. The van der Waals surface area contributed by atoms with Crippen LogP contribution in [0.3, 0.4) is 0 Å². The molecule has 8 nitrogen and oxygen atoms in total. The van der Waals surface area contributed by atoms with Gasteiger partial charge in [0, 0.05) is 11.8 Å². The fourth-order valence-corrected chi connectivity index (χ4v) is 2.42. The molecule has 8 heteroatoms. The number of hydrogen-bond acceptors (Lipinski definition) is 7. The number of nitrogens with zero attached hydrogens (tertiary/aromatic N) is 2. The molecule has 0 saturated heterocycles. The Balaban J connectivity index is 1.51. The zero-order valence-corrected chi connectivity index (χ0v) is 15.3. The predicted molar refractivity (Wildman–Crippen MR) is 106 cm³/mol. The van der Waals surface area contributed by atoms with Crippen molar-refractivity contribution < 1.29 is 19.4 Å². The summed E-state index contributed by atoms with van der Waals surface area (Å²) in [5.74, 6) is 1.73. The number of carbonyl (C=O) groups is 1. The van der Waals surface area contributed by atoms with Gasteiger partial charge in [0.25, 0.3) is 0 Å². The molecule has 1 aromatic heterocycles. The van der Waals surface area contributed by atoms with E-state index in [1.807, 2.05) is 24.3 Å². The van der Waals surface area contributed by atoms with Gasteiger partial charge in [-0.15, -0.1) is 0 Å². The molecule has 1 heterocycles. The lowest BCUT2D eigenvalue weighted by molar-refractivity contribution is 0.0697. The summed E-state index contributed by atoms with van der Waals surface area (Å²) < 4.78 is 10.8. The van der Waals surface area contributed by atoms with Crippen molar-refractivity contribution in [3.63, 3.8) is 0 Å². The second kappa shape index (κ2) is 9.22. The van der Waals surface area contributed by atoms with Crippen LogP contribution in [0, 0.1) is 0 Å². The van der Waals surface area contributed by atoms with Gasteiger partial charge in [-0.3, -0.25) is 0 Å². The quantitative estimate of drug-likeness (QED) is 0.485. The van der Waals surface area contributed by atoms with Crippen molar-refractivity contribution in [2.75, 3.05) is 30.9 Å². The number of benzene rings is 2. The molecular weight excluding hydrogens is 360 g/mol. The van der Waals surface area contributed by atoms with Gasteiger partial charge >= 0.3 is 5.97 Å². The smallest absolute Gasteiger partial charge is 0.335 e. The Labute approximate surface area is 162 Å². The number of methoxy groups -OCH3 is 1. The molecule has 144 valence electrons. The number of ether oxygens (including phenoxy) is 2. The molecule has 0 fully saturated rings. The zero-order valence-electron chi connectivity index (χ0n) is 15.3. The maximum atomic E-state index is 11.1. The monoisotopic (exact) mass is 380 g/mol. The Morgan fingerprint density at radius 3 is 2.54 bits per heavy atom. The first kappa shape index (κ1) is 19.0. The van der Waals surface area contributed by atoms with Gasteiger partial charge in [0.05, 0.1) is 19.2 Å². The van der Waals surface area contributed by atoms with Crippen LogP contribution in [0.2, 0.25) is 0 Å². The molecule has 28 heavy (non-hydrogen) atoms. The van der Waals surface area contributed by atoms with E-state index >= 15 is 0 Å². The van der Waals surface area contributed by atoms with Crippen molar-refractivity contribution in [3.05, 3.63) is 66.5 Å². The normalized spacial score (nSPS) is 10.2. The van der Waals surface area contributed by atoms with Crippen LogP contribution in [-0.2, 0) is 0 Å². The van der Waals surface area contributed by atoms with Gasteiger partial charge in [-0.1, -0.05) is 6.07 Å². The first-order valence-electron chi connectivity index (χ1n) is 8.57. The summed E-state index contributed by atoms with van der Waals surface area (Å²) in [7, 11) is 1.62. The molecule has 0 saturated carbocycles. The number of anilines is 3. The molecule has 0 spiro atoms. The van der Waals surface area contributed by atoms with Crippen LogP contribution in [0.25, 0.3) is 0 Å². The Morgan fingerprint density at radius 2 is 1.79 bits per heavy atom. The summed E-state index contributed by atoms with van der Waals surface area (Å²) in [5, 5.41) is 15.3. The highest BCUT2D eigenvalue weighted by Gasteiger charge is 2.05. The standard InChI is InChI=1S/C20H20N4O4/c1-27-16-5-7-17(8-6-16)28-10-9-21-18-12-19(23-13-22-18)24-15-4-2-3-14(11-15)20(25)26/h2-8,11-13H,9-10H2,1H3,(H,25,26)(H2,21,22,23,24). The summed E-state index contributed by atoms with van der Waals surface area (Å²) in [6.07, 6.45) is 1.43. The molecule has 3 rings (SSSR count). The zero-order chi connectivity index (χ0) is 19.8. The van der Waals surface area contributed by atoms with Gasteiger partial charge in [0.15, 0.2) is 0 Å². The topological polar surface area (TPSA) is 106 Å². The maximum Gasteiger partial charge on any atom is 0.335 e. The first-order valence-corrected chi connectivity index (χ1v) is 8.57. The van der Waals surface area contributed by atoms with E-state index in [1.54, 1.807) is 31.4 Å². The van der Waals surface area contributed by atoms with Crippen molar-refractivity contribution in [2.45, 2.75) is 0 Å².